The summed E-state index contributed by atoms with van der Waals surface area (Å²) < 4.78 is 0. The fourth-order valence-electron chi connectivity index (χ4n) is 3.76. The molecule has 0 bridgehead atoms. The van der Waals surface area contributed by atoms with E-state index in [-0.39, 0.29) is 12.1 Å². The second-order valence-corrected chi connectivity index (χ2v) is 8.41. The maximum atomic E-state index is 13.2. The lowest BCUT2D eigenvalue weighted by Crippen LogP contribution is -2.50. The molecule has 0 aromatic heterocycles. The lowest BCUT2D eigenvalue weighted by Gasteiger charge is -2.34. The van der Waals surface area contributed by atoms with Crippen molar-refractivity contribution < 1.29 is 4.79 Å². The van der Waals surface area contributed by atoms with Gasteiger partial charge in [0.25, 0.3) is 5.91 Å². The zero-order chi connectivity index (χ0) is 21.2. The summed E-state index contributed by atoms with van der Waals surface area (Å²) in [5.41, 5.74) is 4.00. The van der Waals surface area contributed by atoms with Crippen LogP contribution in [0.3, 0.4) is 0 Å². The Morgan fingerprint density at radius 2 is 1.68 bits per heavy atom. The number of benzene rings is 3. The highest BCUT2D eigenvalue weighted by Crippen LogP contribution is 2.31. The molecule has 0 saturated heterocycles. The second-order valence-electron chi connectivity index (χ2n) is 7.44. The second kappa shape index (κ2) is 8.40. The molecule has 154 valence electrons. The van der Waals surface area contributed by atoms with Crippen LogP contribution in [0.25, 0.3) is 5.70 Å². The number of carbonyl (C=O) groups is 1. The largest absolute Gasteiger partial charge is 0.298 e. The van der Waals surface area contributed by atoms with Crippen molar-refractivity contribution in [3.8, 4) is 0 Å². The number of hydrogen-bond donors (Lipinski definition) is 1. The Bertz CT molecular complexity index is 1270. The van der Waals surface area contributed by atoms with Crippen LogP contribution < -0.4 is 15.9 Å². The summed E-state index contributed by atoms with van der Waals surface area (Å²) in [5.74, 6) is 0.579. The lowest BCUT2D eigenvalue weighted by atomic mass is 10.1. The van der Waals surface area contributed by atoms with Gasteiger partial charge in [-0.15, -0.1) is 5.10 Å². The molecule has 5 nitrogen and oxygen atoms in total. The van der Waals surface area contributed by atoms with Gasteiger partial charge in [0.05, 0.1) is 5.36 Å². The van der Waals surface area contributed by atoms with Crippen LogP contribution in [-0.2, 0) is 17.0 Å². The molecule has 0 radical (unpaired) electrons. The predicted octanol–water partition coefficient (Wildman–Crippen LogP) is 3.33. The van der Waals surface area contributed by atoms with Gasteiger partial charge in [0.15, 0.2) is 11.3 Å². The molecule has 0 spiro atoms. The maximum Gasteiger partial charge on any atom is 0.276 e. The normalized spacial score (nSPS) is 17.3. The molecule has 0 saturated carbocycles. The summed E-state index contributed by atoms with van der Waals surface area (Å²) >= 11 is 1.52. The molecule has 5 rings (SSSR count). The number of nitrogens with one attached hydrogen (secondary N) is 1. The smallest absolute Gasteiger partial charge is 0.276 e. The minimum Gasteiger partial charge on any atom is -0.298 e. The van der Waals surface area contributed by atoms with Crippen molar-refractivity contribution in [2.45, 2.75) is 25.3 Å². The minimum absolute atomic E-state index is 0.150. The molecule has 2 heterocycles. The van der Waals surface area contributed by atoms with E-state index in [9.17, 15) is 4.79 Å². The Hall–Kier alpha value is -3.38. The molecule has 1 unspecified atom stereocenters. The summed E-state index contributed by atoms with van der Waals surface area (Å²) in [5, 5.41) is 11.8. The van der Waals surface area contributed by atoms with Gasteiger partial charge in [0.1, 0.15) is 5.70 Å². The van der Waals surface area contributed by atoms with Crippen molar-refractivity contribution in [2.75, 3.05) is 0 Å². The van der Waals surface area contributed by atoms with Gasteiger partial charge in [0.2, 0.25) is 0 Å². The lowest BCUT2D eigenvalue weighted by molar-refractivity contribution is -0.116. The number of aryl methyl sites for hydroxylation is 1. The van der Waals surface area contributed by atoms with E-state index in [1.807, 2.05) is 42.5 Å². The van der Waals surface area contributed by atoms with Crippen molar-refractivity contribution in [2.24, 2.45) is 10.1 Å². The number of rotatable bonds is 4. The number of nitrogens with zero attached hydrogens (tertiary/aromatic N) is 3. The summed E-state index contributed by atoms with van der Waals surface area (Å²) in [6.45, 7) is 2.14. The van der Waals surface area contributed by atoms with Crippen LogP contribution in [0.2, 0.25) is 0 Å². The van der Waals surface area contributed by atoms with Crippen molar-refractivity contribution >= 4 is 28.5 Å². The number of thioether (sulfide) groups is 1. The molecule has 1 atom stereocenters. The van der Waals surface area contributed by atoms with E-state index < -0.39 is 0 Å². The van der Waals surface area contributed by atoms with Crippen molar-refractivity contribution in [1.29, 1.82) is 0 Å². The molecule has 6 heteroatoms. The Labute approximate surface area is 185 Å². The third kappa shape index (κ3) is 3.86. The summed E-state index contributed by atoms with van der Waals surface area (Å²) in [6.07, 6.45) is 0.599. The third-order valence-corrected chi connectivity index (χ3v) is 6.35. The van der Waals surface area contributed by atoms with Crippen LogP contribution >= 0.6 is 11.8 Å². The van der Waals surface area contributed by atoms with Gasteiger partial charge < -0.3 is 0 Å². The fraction of sp³-hybridized carbons (Fsp3) is 0.160. The standard InChI is InChI=1S/C25H22N4OS/c1-2-17-12-14-19(15-13-17)23-26-21-11-7-6-10-20(21)22-24(30)27-25(28-29(22)23)31-16-18-8-4-3-5-9-18/h3-15,23H,2,16H2,1H3,(H,27,28,30). The van der Waals surface area contributed by atoms with Crippen molar-refractivity contribution in [1.82, 2.24) is 10.3 Å². The van der Waals surface area contributed by atoms with E-state index in [2.05, 4.69) is 48.6 Å². The molecule has 2 aliphatic heterocycles. The molecule has 3 aromatic rings. The molecule has 31 heavy (non-hydrogen) atoms. The summed E-state index contributed by atoms with van der Waals surface area (Å²) in [4.78, 5) is 18.1. The van der Waals surface area contributed by atoms with Crippen LogP contribution in [0.15, 0.2) is 89.0 Å². The summed E-state index contributed by atoms with van der Waals surface area (Å²) in [7, 11) is 0. The van der Waals surface area contributed by atoms with Gasteiger partial charge in [-0.05, 0) is 29.2 Å². The SMILES string of the molecule is CCc1ccc(C2N=c3ccccc3=C3C(=O)NC(SCc4ccccc4)=NN32)cc1. The molecule has 0 aliphatic carbocycles. The molecular weight excluding hydrogens is 404 g/mol. The van der Waals surface area contributed by atoms with Crippen molar-refractivity contribution in [3.63, 3.8) is 0 Å². The Morgan fingerprint density at radius 3 is 2.45 bits per heavy atom. The van der Waals surface area contributed by atoms with E-state index in [1.165, 1.54) is 22.9 Å². The maximum absolute atomic E-state index is 13.2. The molecule has 2 aliphatic rings. The quantitative estimate of drug-likeness (QED) is 0.696. The number of carbonyl (C=O) groups excluding carboxylic acids is 1. The van der Waals surface area contributed by atoms with Gasteiger partial charge in [-0.3, -0.25) is 15.1 Å². The van der Waals surface area contributed by atoms with Crippen LogP contribution in [0, 0.1) is 0 Å². The predicted molar refractivity (Wildman–Crippen MR) is 124 cm³/mol. The van der Waals surface area contributed by atoms with E-state index in [0.717, 1.165) is 28.3 Å². The van der Waals surface area contributed by atoms with Gasteiger partial charge in [-0.25, -0.2) is 5.01 Å². The van der Waals surface area contributed by atoms with E-state index >= 15 is 0 Å². The third-order valence-electron chi connectivity index (χ3n) is 5.42. The Kier molecular flexibility index (Phi) is 5.30. The molecular formula is C25H22N4OS. The van der Waals surface area contributed by atoms with Gasteiger partial charge >= 0.3 is 0 Å². The first-order chi connectivity index (χ1) is 15.2. The van der Waals surface area contributed by atoms with Gasteiger partial charge in [-0.2, -0.15) is 0 Å². The summed E-state index contributed by atoms with van der Waals surface area (Å²) in [6, 6.07) is 26.3. The number of para-hydroxylation sites is 1. The average molecular weight is 427 g/mol. The number of fused-ring (bicyclic) bond motifs is 2. The van der Waals surface area contributed by atoms with Crippen LogP contribution in [0.1, 0.15) is 29.8 Å². The molecule has 3 aromatic carbocycles. The first-order valence-electron chi connectivity index (χ1n) is 10.3. The molecule has 0 fully saturated rings. The van der Waals surface area contributed by atoms with Crippen molar-refractivity contribution in [3.05, 3.63) is 106 Å². The average Bonchev–Trinajstić information content (AvgIpc) is 2.83. The zero-order valence-corrected chi connectivity index (χ0v) is 18.0. The van der Waals surface area contributed by atoms with E-state index in [1.54, 1.807) is 5.01 Å². The fourth-order valence-corrected chi connectivity index (χ4v) is 4.57. The number of amidine groups is 1. The Balaban J connectivity index is 1.56. The highest BCUT2D eigenvalue weighted by atomic mass is 32.2. The van der Waals surface area contributed by atoms with Gasteiger partial charge in [0, 0.05) is 11.0 Å². The first kappa shape index (κ1) is 19.6. The number of amides is 1. The number of hydrazone groups is 1. The van der Waals surface area contributed by atoms with E-state index in [0.29, 0.717) is 10.9 Å². The van der Waals surface area contributed by atoms with Crippen LogP contribution in [0.5, 0.6) is 0 Å². The van der Waals surface area contributed by atoms with Gasteiger partial charge in [-0.1, -0.05) is 91.5 Å². The molecule has 1 N–H and O–H groups in total. The topological polar surface area (TPSA) is 57.1 Å². The molecule has 1 amide bonds. The first-order valence-corrected chi connectivity index (χ1v) is 11.3. The van der Waals surface area contributed by atoms with E-state index in [4.69, 9.17) is 10.1 Å². The zero-order valence-electron chi connectivity index (χ0n) is 17.2. The Morgan fingerprint density at radius 1 is 0.935 bits per heavy atom. The number of hydrogen-bond acceptors (Lipinski definition) is 5. The van der Waals surface area contributed by atoms with Crippen LogP contribution in [-0.4, -0.2) is 16.1 Å². The highest BCUT2D eigenvalue weighted by molar-refractivity contribution is 8.13. The van der Waals surface area contributed by atoms with Crippen LogP contribution in [0.4, 0.5) is 0 Å². The minimum atomic E-state index is -0.380. The highest BCUT2D eigenvalue weighted by Gasteiger charge is 2.34. The monoisotopic (exact) mass is 426 g/mol.